The molecule has 0 fully saturated rings. The molecule has 2 aromatic carbocycles. The van der Waals surface area contributed by atoms with Crippen LogP contribution >= 0.6 is 23.2 Å². The third-order valence-corrected chi connectivity index (χ3v) is 4.77. The van der Waals surface area contributed by atoms with Crippen LogP contribution in [0.4, 0.5) is 11.4 Å². The number of pyridine rings is 2. The van der Waals surface area contributed by atoms with Crippen LogP contribution in [0.15, 0.2) is 60.9 Å². The SMILES string of the molecule is NCCN(c1ccnc2cc(Cl)ccc12)c1ccnc2cc(Cl)ccc12. The van der Waals surface area contributed by atoms with Crippen molar-refractivity contribution in [2.45, 2.75) is 0 Å². The van der Waals surface area contributed by atoms with Gasteiger partial charge in [-0.2, -0.15) is 0 Å². The van der Waals surface area contributed by atoms with Crippen LogP contribution in [0.3, 0.4) is 0 Å². The smallest absolute Gasteiger partial charge is 0.0737 e. The van der Waals surface area contributed by atoms with Gasteiger partial charge in [0.25, 0.3) is 0 Å². The maximum atomic E-state index is 6.13. The fourth-order valence-electron chi connectivity index (χ4n) is 3.18. The second-order valence-electron chi connectivity index (χ2n) is 5.92. The molecule has 0 spiro atoms. The Morgan fingerprint density at radius 1 is 0.769 bits per heavy atom. The lowest BCUT2D eigenvalue weighted by Gasteiger charge is -2.27. The number of nitrogens with zero attached hydrogens (tertiary/aromatic N) is 3. The molecule has 2 aromatic heterocycles. The molecule has 0 aliphatic carbocycles. The van der Waals surface area contributed by atoms with Gasteiger partial charge in [0, 0.05) is 46.3 Å². The molecular weight excluding hydrogens is 367 g/mol. The molecule has 2 heterocycles. The number of rotatable bonds is 4. The highest BCUT2D eigenvalue weighted by molar-refractivity contribution is 6.31. The van der Waals surface area contributed by atoms with Crippen molar-refractivity contribution >= 4 is 56.4 Å². The number of halogens is 2. The van der Waals surface area contributed by atoms with E-state index >= 15 is 0 Å². The molecule has 0 saturated heterocycles. The van der Waals surface area contributed by atoms with Crippen molar-refractivity contribution in [3.63, 3.8) is 0 Å². The maximum Gasteiger partial charge on any atom is 0.0737 e. The van der Waals surface area contributed by atoms with E-state index in [9.17, 15) is 0 Å². The summed E-state index contributed by atoms with van der Waals surface area (Å²) >= 11 is 12.3. The highest BCUT2D eigenvalue weighted by Gasteiger charge is 2.15. The molecule has 0 bridgehead atoms. The van der Waals surface area contributed by atoms with Crippen LogP contribution in [0.2, 0.25) is 10.0 Å². The molecule has 130 valence electrons. The highest BCUT2D eigenvalue weighted by atomic mass is 35.5. The third-order valence-electron chi connectivity index (χ3n) is 4.30. The van der Waals surface area contributed by atoms with Crippen LogP contribution in [0.5, 0.6) is 0 Å². The molecule has 0 amide bonds. The second-order valence-corrected chi connectivity index (χ2v) is 6.80. The van der Waals surface area contributed by atoms with Gasteiger partial charge in [0.1, 0.15) is 0 Å². The van der Waals surface area contributed by atoms with Gasteiger partial charge in [-0.25, -0.2) is 0 Å². The Bertz CT molecular complexity index is 1010. The molecular formula is C20H16Cl2N4. The van der Waals surface area contributed by atoms with Crippen LogP contribution in [0.25, 0.3) is 21.8 Å². The molecule has 26 heavy (non-hydrogen) atoms. The van der Waals surface area contributed by atoms with Crippen LogP contribution in [-0.2, 0) is 0 Å². The van der Waals surface area contributed by atoms with Crippen molar-refractivity contribution in [1.82, 2.24) is 9.97 Å². The van der Waals surface area contributed by atoms with Gasteiger partial charge in [-0.3, -0.25) is 9.97 Å². The Morgan fingerprint density at radius 2 is 1.27 bits per heavy atom. The summed E-state index contributed by atoms with van der Waals surface area (Å²) in [6.45, 7) is 1.16. The number of aromatic nitrogens is 2. The minimum absolute atomic E-state index is 0.509. The molecule has 0 unspecified atom stereocenters. The number of hydrogen-bond donors (Lipinski definition) is 1. The van der Waals surface area contributed by atoms with Crippen LogP contribution in [-0.4, -0.2) is 23.1 Å². The fraction of sp³-hybridized carbons (Fsp3) is 0.100. The van der Waals surface area contributed by atoms with E-state index in [1.54, 1.807) is 12.4 Å². The Hall–Kier alpha value is -2.40. The quantitative estimate of drug-likeness (QED) is 0.527. The van der Waals surface area contributed by atoms with Crippen LogP contribution < -0.4 is 10.6 Å². The molecule has 0 aliphatic heterocycles. The molecule has 4 aromatic rings. The Balaban J connectivity index is 1.96. The summed E-state index contributed by atoms with van der Waals surface area (Å²) in [5, 5.41) is 3.36. The summed E-state index contributed by atoms with van der Waals surface area (Å²) < 4.78 is 0. The second kappa shape index (κ2) is 7.08. The lowest BCUT2D eigenvalue weighted by molar-refractivity contribution is 0.927. The molecule has 0 aliphatic rings. The molecule has 2 N–H and O–H groups in total. The first-order valence-corrected chi connectivity index (χ1v) is 8.99. The van der Waals surface area contributed by atoms with E-state index in [4.69, 9.17) is 28.9 Å². The average Bonchev–Trinajstić information content (AvgIpc) is 2.65. The number of fused-ring (bicyclic) bond motifs is 2. The van der Waals surface area contributed by atoms with Gasteiger partial charge in [-0.1, -0.05) is 23.2 Å². The molecule has 0 atom stereocenters. The Kier molecular flexibility index (Phi) is 4.64. The summed E-state index contributed by atoms with van der Waals surface area (Å²) in [7, 11) is 0. The van der Waals surface area contributed by atoms with Crippen LogP contribution in [0, 0.1) is 0 Å². The molecule has 0 radical (unpaired) electrons. The largest absolute Gasteiger partial charge is 0.339 e. The lowest BCUT2D eigenvalue weighted by atomic mass is 10.1. The van der Waals surface area contributed by atoms with E-state index < -0.39 is 0 Å². The predicted octanol–water partition coefficient (Wildman–Crippen LogP) is 5.19. The maximum absolute atomic E-state index is 6.13. The van der Waals surface area contributed by atoms with Crippen molar-refractivity contribution in [3.05, 3.63) is 71.0 Å². The first-order valence-electron chi connectivity index (χ1n) is 8.23. The summed E-state index contributed by atoms with van der Waals surface area (Å²) in [5.74, 6) is 0. The van der Waals surface area contributed by atoms with E-state index in [-0.39, 0.29) is 0 Å². The minimum Gasteiger partial charge on any atom is -0.339 e. The summed E-state index contributed by atoms with van der Waals surface area (Å²) in [6, 6.07) is 15.5. The normalized spacial score (nSPS) is 11.2. The van der Waals surface area contributed by atoms with Crippen molar-refractivity contribution in [2.75, 3.05) is 18.0 Å². The number of benzene rings is 2. The first-order chi connectivity index (χ1) is 12.7. The fourth-order valence-corrected chi connectivity index (χ4v) is 3.52. The summed E-state index contributed by atoms with van der Waals surface area (Å²) in [6.07, 6.45) is 3.58. The van der Waals surface area contributed by atoms with E-state index in [1.807, 2.05) is 48.5 Å². The van der Waals surface area contributed by atoms with Crippen LogP contribution in [0.1, 0.15) is 0 Å². The minimum atomic E-state index is 0.509. The topological polar surface area (TPSA) is 55.0 Å². The van der Waals surface area contributed by atoms with E-state index in [2.05, 4.69) is 14.9 Å². The zero-order valence-corrected chi connectivity index (χ0v) is 15.4. The van der Waals surface area contributed by atoms with E-state index in [0.29, 0.717) is 23.1 Å². The van der Waals surface area contributed by atoms with Gasteiger partial charge >= 0.3 is 0 Å². The molecule has 6 heteroatoms. The van der Waals surface area contributed by atoms with Crippen molar-refractivity contribution < 1.29 is 0 Å². The molecule has 4 rings (SSSR count). The first kappa shape index (κ1) is 17.0. The Labute approximate surface area is 161 Å². The van der Waals surface area contributed by atoms with Crippen molar-refractivity contribution in [3.8, 4) is 0 Å². The Morgan fingerprint density at radius 3 is 1.73 bits per heavy atom. The van der Waals surface area contributed by atoms with Gasteiger partial charge in [-0.15, -0.1) is 0 Å². The highest BCUT2D eigenvalue weighted by Crippen LogP contribution is 2.36. The van der Waals surface area contributed by atoms with Gasteiger partial charge in [0.2, 0.25) is 0 Å². The number of hydrogen-bond acceptors (Lipinski definition) is 4. The van der Waals surface area contributed by atoms with Crippen molar-refractivity contribution in [2.24, 2.45) is 5.73 Å². The third kappa shape index (κ3) is 3.07. The van der Waals surface area contributed by atoms with E-state index in [1.165, 1.54) is 0 Å². The number of nitrogens with two attached hydrogens (primary N) is 1. The van der Waals surface area contributed by atoms with Gasteiger partial charge in [0.05, 0.1) is 22.4 Å². The predicted molar refractivity (Wildman–Crippen MR) is 110 cm³/mol. The standard InChI is InChI=1S/C20H16Cl2N4/c21-13-1-3-15-17(11-13)24-8-5-19(15)26(10-7-23)20-6-9-25-18-12-14(22)2-4-16(18)20/h1-6,8-9,11-12H,7,10,23H2. The summed E-state index contributed by atoms with van der Waals surface area (Å²) in [4.78, 5) is 11.1. The number of anilines is 2. The zero-order chi connectivity index (χ0) is 18.1. The molecule has 4 nitrogen and oxygen atoms in total. The molecule has 0 saturated carbocycles. The van der Waals surface area contributed by atoms with Gasteiger partial charge in [0.15, 0.2) is 0 Å². The van der Waals surface area contributed by atoms with E-state index in [0.717, 1.165) is 33.2 Å². The lowest BCUT2D eigenvalue weighted by Crippen LogP contribution is -2.25. The summed E-state index contributed by atoms with van der Waals surface area (Å²) in [5.41, 5.74) is 9.67. The zero-order valence-electron chi connectivity index (χ0n) is 13.9. The monoisotopic (exact) mass is 382 g/mol. The van der Waals surface area contributed by atoms with Gasteiger partial charge < -0.3 is 10.6 Å². The average molecular weight is 383 g/mol. The van der Waals surface area contributed by atoms with Gasteiger partial charge in [-0.05, 0) is 48.5 Å². The van der Waals surface area contributed by atoms with Crippen molar-refractivity contribution in [1.29, 1.82) is 0 Å².